The molecule has 158 valence electrons. The maximum Gasteiger partial charge on any atom is 0.341 e. The fraction of sp³-hybridized carbons (Fsp3) is 0.333. The van der Waals surface area contributed by atoms with Crippen LogP contribution in [0.5, 0.6) is 0 Å². The van der Waals surface area contributed by atoms with E-state index in [1.54, 1.807) is 13.8 Å². The monoisotopic (exact) mass is 446 g/mol. The predicted octanol–water partition coefficient (Wildman–Crippen LogP) is 4.27. The third-order valence-corrected chi connectivity index (χ3v) is 6.58. The van der Waals surface area contributed by atoms with Gasteiger partial charge in [0.25, 0.3) is 5.91 Å². The number of nitrogens with zero attached hydrogens (tertiary/aromatic N) is 1. The van der Waals surface area contributed by atoms with Crippen LogP contribution in [0, 0.1) is 13.8 Å². The molecule has 30 heavy (non-hydrogen) atoms. The van der Waals surface area contributed by atoms with Crippen molar-refractivity contribution in [3.8, 4) is 0 Å². The molecule has 0 bridgehead atoms. The molecular weight excluding hydrogens is 424 g/mol. The normalized spacial score (nSPS) is 10.8. The van der Waals surface area contributed by atoms with Crippen LogP contribution in [0.3, 0.4) is 0 Å². The fourth-order valence-corrected chi connectivity index (χ4v) is 4.81. The van der Waals surface area contributed by atoms with Crippen LogP contribution < -0.4 is 5.32 Å². The van der Waals surface area contributed by atoms with Crippen molar-refractivity contribution >= 4 is 55.7 Å². The van der Waals surface area contributed by atoms with Crippen LogP contribution in [0.4, 0.5) is 5.00 Å². The molecule has 3 aromatic rings. The Morgan fingerprint density at radius 1 is 1.10 bits per heavy atom. The number of carbonyl (C=O) groups excluding carboxylic acids is 3. The van der Waals surface area contributed by atoms with Crippen LogP contribution in [0.15, 0.2) is 24.3 Å². The summed E-state index contributed by atoms with van der Waals surface area (Å²) in [6.07, 6.45) is 0.592. The van der Waals surface area contributed by atoms with Gasteiger partial charge in [0.2, 0.25) is 0 Å². The predicted molar refractivity (Wildman–Crippen MR) is 117 cm³/mol. The molecular formula is C21H22N2O5S2. The Hall–Kier alpha value is -2.78. The lowest BCUT2D eigenvalue weighted by Crippen LogP contribution is -2.22. The van der Waals surface area contributed by atoms with E-state index in [2.05, 4.69) is 10.3 Å². The number of nitrogens with one attached hydrogen (secondary N) is 1. The number of benzene rings is 1. The van der Waals surface area contributed by atoms with Gasteiger partial charge in [0.15, 0.2) is 6.61 Å². The molecule has 2 heterocycles. The zero-order valence-corrected chi connectivity index (χ0v) is 18.6. The van der Waals surface area contributed by atoms with E-state index < -0.39 is 24.5 Å². The number of aromatic nitrogens is 1. The maximum atomic E-state index is 12.2. The number of aryl methyl sites for hydroxylation is 2. The molecule has 0 aliphatic carbocycles. The number of ether oxygens (including phenoxy) is 2. The number of amides is 1. The van der Waals surface area contributed by atoms with E-state index in [0.717, 1.165) is 25.7 Å². The van der Waals surface area contributed by atoms with Crippen LogP contribution in [0.1, 0.15) is 39.2 Å². The lowest BCUT2D eigenvalue weighted by molar-refractivity contribution is -0.147. The number of carbonyl (C=O) groups is 3. The Morgan fingerprint density at radius 3 is 2.60 bits per heavy atom. The first kappa shape index (κ1) is 21.9. The SMILES string of the molecule is CCOC(=O)c1c(NC(=O)COC(=O)CCc2nc3ccccc3s2)sc(C)c1C. The Kier molecular flexibility index (Phi) is 7.17. The van der Waals surface area contributed by atoms with Gasteiger partial charge in [-0.3, -0.25) is 9.59 Å². The summed E-state index contributed by atoms with van der Waals surface area (Å²) < 4.78 is 11.2. The van der Waals surface area contributed by atoms with Crippen molar-refractivity contribution in [3.63, 3.8) is 0 Å². The van der Waals surface area contributed by atoms with Crippen molar-refractivity contribution in [2.45, 2.75) is 33.6 Å². The van der Waals surface area contributed by atoms with Crippen LogP contribution in [-0.4, -0.2) is 36.0 Å². The van der Waals surface area contributed by atoms with Gasteiger partial charge in [0.1, 0.15) is 5.00 Å². The standard InChI is InChI=1S/C21H22N2O5S2/c1-4-27-21(26)19-12(2)13(3)29-20(19)23-16(24)11-28-18(25)10-9-17-22-14-7-5-6-8-15(14)30-17/h5-8H,4,9-11H2,1-3H3,(H,23,24). The highest BCUT2D eigenvalue weighted by Crippen LogP contribution is 2.33. The summed E-state index contributed by atoms with van der Waals surface area (Å²) in [5, 5.41) is 3.90. The summed E-state index contributed by atoms with van der Waals surface area (Å²) in [7, 11) is 0. The van der Waals surface area contributed by atoms with E-state index in [0.29, 0.717) is 17.0 Å². The van der Waals surface area contributed by atoms with E-state index in [-0.39, 0.29) is 13.0 Å². The lowest BCUT2D eigenvalue weighted by Gasteiger charge is -2.08. The molecule has 1 aromatic carbocycles. The van der Waals surface area contributed by atoms with Gasteiger partial charge in [-0.1, -0.05) is 12.1 Å². The largest absolute Gasteiger partial charge is 0.462 e. The average molecular weight is 447 g/mol. The third kappa shape index (κ3) is 5.22. The summed E-state index contributed by atoms with van der Waals surface area (Å²) in [5.41, 5.74) is 2.01. The number of thiophene rings is 1. The molecule has 0 saturated carbocycles. The van der Waals surface area contributed by atoms with E-state index in [1.165, 1.54) is 22.7 Å². The summed E-state index contributed by atoms with van der Waals surface area (Å²) in [4.78, 5) is 41.8. The van der Waals surface area contributed by atoms with E-state index in [4.69, 9.17) is 9.47 Å². The number of fused-ring (bicyclic) bond motifs is 1. The van der Waals surface area contributed by atoms with E-state index >= 15 is 0 Å². The summed E-state index contributed by atoms with van der Waals surface area (Å²) in [6.45, 7) is 5.21. The Balaban J connectivity index is 1.51. The molecule has 1 amide bonds. The molecule has 0 aliphatic heterocycles. The third-order valence-electron chi connectivity index (χ3n) is 4.36. The molecule has 0 fully saturated rings. The van der Waals surface area contributed by atoms with Crippen molar-refractivity contribution in [1.82, 2.24) is 4.98 Å². The molecule has 0 saturated heterocycles. The first-order valence-electron chi connectivity index (χ1n) is 9.46. The van der Waals surface area contributed by atoms with Gasteiger partial charge < -0.3 is 14.8 Å². The molecule has 1 N–H and O–H groups in total. The van der Waals surface area contributed by atoms with Crippen molar-refractivity contribution in [2.24, 2.45) is 0 Å². The minimum Gasteiger partial charge on any atom is -0.462 e. The second-order valence-corrected chi connectivity index (χ2v) is 8.83. The van der Waals surface area contributed by atoms with Crippen molar-refractivity contribution in [2.75, 3.05) is 18.5 Å². The number of hydrogen-bond donors (Lipinski definition) is 1. The number of anilines is 1. The van der Waals surface area contributed by atoms with Crippen LogP contribution in [-0.2, 0) is 25.5 Å². The maximum absolute atomic E-state index is 12.2. The topological polar surface area (TPSA) is 94.6 Å². The van der Waals surface area contributed by atoms with Crippen molar-refractivity contribution < 1.29 is 23.9 Å². The molecule has 2 aromatic heterocycles. The minimum atomic E-state index is -0.505. The zero-order chi connectivity index (χ0) is 21.7. The average Bonchev–Trinajstić information content (AvgIpc) is 3.25. The Labute approximate surface area is 182 Å². The van der Waals surface area contributed by atoms with Crippen LogP contribution >= 0.6 is 22.7 Å². The number of thiazole rings is 1. The molecule has 9 heteroatoms. The minimum absolute atomic E-state index is 0.137. The number of para-hydroxylation sites is 1. The fourth-order valence-electron chi connectivity index (χ4n) is 2.78. The van der Waals surface area contributed by atoms with Gasteiger partial charge in [-0.15, -0.1) is 22.7 Å². The lowest BCUT2D eigenvalue weighted by atomic mass is 10.1. The highest BCUT2D eigenvalue weighted by atomic mass is 32.1. The molecule has 3 rings (SSSR count). The van der Waals surface area contributed by atoms with Gasteiger partial charge in [-0.25, -0.2) is 9.78 Å². The summed E-state index contributed by atoms with van der Waals surface area (Å²) >= 11 is 2.82. The van der Waals surface area contributed by atoms with Crippen LogP contribution in [0.2, 0.25) is 0 Å². The molecule has 0 spiro atoms. The highest BCUT2D eigenvalue weighted by Gasteiger charge is 2.22. The first-order valence-corrected chi connectivity index (χ1v) is 11.1. The second-order valence-electron chi connectivity index (χ2n) is 6.49. The first-order chi connectivity index (χ1) is 14.4. The summed E-state index contributed by atoms with van der Waals surface area (Å²) in [6, 6.07) is 7.78. The Bertz CT molecular complexity index is 1050. The van der Waals surface area contributed by atoms with Gasteiger partial charge in [-0.2, -0.15) is 0 Å². The van der Waals surface area contributed by atoms with Gasteiger partial charge in [0.05, 0.1) is 33.8 Å². The number of hydrogen-bond acceptors (Lipinski definition) is 8. The van der Waals surface area contributed by atoms with E-state index in [1.807, 2.05) is 31.2 Å². The number of rotatable bonds is 8. The number of esters is 2. The van der Waals surface area contributed by atoms with Crippen molar-refractivity contribution in [3.05, 3.63) is 45.3 Å². The second kappa shape index (κ2) is 9.82. The van der Waals surface area contributed by atoms with Gasteiger partial charge in [0, 0.05) is 11.3 Å². The molecule has 7 nitrogen and oxygen atoms in total. The smallest absolute Gasteiger partial charge is 0.341 e. The van der Waals surface area contributed by atoms with E-state index in [9.17, 15) is 14.4 Å². The molecule has 0 atom stereocenters. The highest BCUT2D eigenvalue weighted by molar-refractivity contribution is 7.18. The zero-order valence-electron chi connectivity index (χ0n) is 16.9. The Morgan fingerprint density at radius 2 is 1.87 bits per heavy atom. The van der Waals surface area contributed by atoms with Gasteiger partial charge >= 0.3 is 11.9 Å². The molecule has 0 unspecified atom stereocenters. The quantitative estimate of drug-likeness (QED) is 0.520. The van der Waals surface area contributed by atoms with Crippen LogP contribution in [0.25, 0.3) is 10.2 Å². The summed E-state index contributed by atoms with van der Waals surface area (Å²) in [5.74, 6) is -1.47. The molecule has 0 radical (unpaired) electrons. The van der Waals surface area contributed by atoms with Crippen molar-refractivity contribution in [1.29, 1.82) is 0 Å². The van der Waals surface area contributed by atoms with Gasteiger partial charge in [-0.05, 0) is 38.5 Å². The molecule has 0 aliphatic rings.